The predicted octanol–water partition coefficient (Wildman–Crippen LogP) is 3.40. The molecule has 1 N–H and O–H groups in total. The third-order valence-electron chi connectivity index (χ3n) is 5.12. The zero-order chi connectivity index (χ0) is 20.1. The quantitative estimate of drug-likeness (QED) is 0.694. The van der Waals surface area contributed by atoms with E-state index in [-0.39, 0.29) is 17.6 Å². The minimum atomic E-state index is -0.303. The van der Waals surface area contributed by atoms with Gasteiger partial charge in [-0.1, -0.05) is 35.5 Å². The summed E-state index contributed by atoms with van der Waals surface area (Å²) >= 11 is 0. The van der Waals surface area contributed by atoms with E-state index in [9.17, 15) is 9.18 Å². The zero-order valence-electron chi connectivity index (χ0n) is 16.1. The molecule has 1 amide bonds. The molecule has 1 fully saturated rings. The van der Waals surface area contributed by atoms with E-state index >= 15 is 0 Å². The van der Waals surface area contributed by atoms with Gasteiger partial charge in [0.15, 0.2) is 0 Å². The van der Waals surface area contributed by atoms with E-state index in [1.807, 2.05) is 30.3 Å². The Balaban J connectivity index is 1.32. The first-order valence-electron chi connectivity index (χ1n) is 9.80. The van der Waals surface area contributed by atoms with Crippen LogP contribution in [-0.4, -0.2) is 34.0 Å². The van der Waals surface area contributed by atoms with Gasteiger partial charge in [-0.2, -0.15) is 4.98 Å². The largest absolute Gasteiger partial charge is 0.352 e. The maximum atomic E-state index is 13.1. The van der Waals surface area contributed by atoms with Crippen molar-refractivity contribution in [1.82, 2.24) is 20.4 Å². The molecule has 2 aromatic carbocycles. The van der Waals surface area contributed by atoms with E-state index < -0.39 is 0 Å². The van der Waals surface area contributed by atoms with Crippen LogP contribution in [0.15, 0.2) is 59.1 Å². The lowest BCUT2D eigenvalue weighted by Crippen LogP contribution is -2.42. The molecular formula is C22H23FN4O2. The molecule has 1 saturated heterocycles. The zero-order valence-corrected chi connectivity index (χ0v) is 16.1. The number of amides is 1. The Labute approximate surface area is 168 Å². The summed E-state index contributed by atoms with van der Waals surface area (Å²) in [7, 11) is 0. The van der Waals surface area contributed by atoms with Crippen molar-refractivity contribution in [3.05, 3.63) is 71.9 Å². The molecule has 29 heavy (non-hydrogen) atoms. The number of benzene rings is 2. The molecular weight excluding hydrogens is 371 g/mol. The van der Waals surface area contributed by atoms with E-state index in [0.29, 0.717) is 36.9 Å². The molecule has 1 aliphatic rings. The van der Waals surface area contributed by atoms with Crippen molar-refractivity contribution >= 4 is 5.91 Å². The number of nitrogens with zero attached hydrogens (tertiary/aromatic N) is 3. The average Bonchev–Trinajstić information content (AvgIpc) is 3.22. The summed E-state index contributed by atoms with van der Waals surface area (Å²) < 4.78 is 18.4. The van der Waals surface area contributed by atoms with Gasteiger partial charge in [0.25, 0.3) is 0 Å². The summed E-state index contributed by atoms with van der Waals surface area (Å²) in [5.41, 5.74) is 1.80. The summed E-state index contributed by atoms with van der Waals surface area (Å²) in [6, 6.07) is 15.9. The number of likely N-dealkylation sites (tertiary alicyclic amines) is 1. The van der Waals surface area contributed by atoms with Crippen LogP contribution in [0.1, 0.15) is 24.3 Å². The van der Waals surface area contributed by atoms with E-state index in [1.54, 1.807) is 12.1 Å². The molecule has 0 saturated carbocycles. The molecule has 1 atom stereocenters. The van der Waals surface area contributed by atoms with Crippen LogP contribution in [0, 0.1) is 11.7 Å². The third kappa shape index (κ3) is 5.06. The van der Waals surface area contributed by atoms with Crippen LogP contribution < -0.4 is 5.32 Å². The van der Waals surface area contributed by atoms with Gasteiger partial charge < -0.3 is 9.84 Å². The summed E-state index contributed by atoms with van der Waals surface area (Å²) in [6.07, 6.45) is 1.82. The fraction of sp³-hybridized carbons (Fsp3) is 0.318. The van der Waals surface area contributed by atoms with Gasteiger partial charge in [0.2, 0.25) is 17.6 Å². The SMILES string of the molecule is O=C(NCc1ccccc1)C1CCCN(Cc2nc(-c3ccc(F)cc3)no2)C1. The number of piperidine rings is 1. The Morgan fingerprint density at radius 1 is 1.17 bits per heavy atom. The second-order valence-corrected chi connectivity index (χ2v) is 7.30. The Hall–Kier alpha value is -3.06. The maximum absolute atomic E-state index is 13.1. The molecule has 2 heterocycles. The Bertz CT molecular complexity index is 943. The average molecular weight is 394 g/mol. The summed E-state index contributed by atoms with van der Waals surface area (Å²) in [4.78, 5) is 19.1. The topological polar surface area (TPSA) is 71.3 Å². The molecule has 0 radical (unpaired) electrons. The lowest BCUT2D eigenvalue weighted by molar-refractivity contribution is -0.127. The first kappa shape index (κ1) is 19.3. The number of hydrogen-bond acceptors (Lipinski definition) is 5. The summed E-state index contributed by atoms with van der Waals surface area (Å²) in [5, 5.41) is 7.02. The van der Waals surface area contributed by atoms with Crippen LogP contribution in [0.5, 0.6) is 0 Å². The molecule has 4 rings (SSSR count). The number of nitrogens with one attached hydrogen (secondary N) is 1. The van der Waals surface area contributed by atoms with Crippen molar-refractivity contribution in [2.75, 3.05) is 13.1 Å². The molecule has 1 aliphatic heterocycles. The number of carbonyl (C=O) groups excluding carboxylic acids is 1. The number of halogens is 1. The number of hydrogen-bond donors (Lipinski definition) is 1. The van der Waals surface area contributed by atoms with Gasteiger partial charge in [0, 0.05) is 18.7 Å². The van der Waals surface area contributed by atoms with Crippen LogP contribution >= 0.6 is 0 Å². The molecule has 0 bridgehead atoms. The summed E-state index contributed by atoms with van der Waals surface area (Å²) in [5.74, 6) is 0.661. The van der Waals surface area contributed by atoms with Crippen LogP contribution in [0.25, 0.3) is 11.4 Å². The van der Waals surface area contributed by atoms with Gasteiger partial charge in [-0.15, -0.1) is 0 Å². The molecule has 0 spiro atoms. The molecule has 7 heteroatoms. The van der Waals surface area contributed by atoms with Crippen molar-refractivity contribution in [2.24, 2.45) is 5.92 Å². The smallest absolute Gasteiger partial charge is 0.241 e. The Morgan fingerprint density at radius 3 is 2.76 bits per heavy atom. The van der Waals surface area contributed by atoms with Crippen LogP contribution in [0.4, 0.5) is 4.39 Å². The second kappa shape index (κ2) is 8.96. The molecule has 0 aliphatic carbocycles. The van der Waals surface area contributed by atoms with Crippen molar-refractivity contribution in [3.8, 4) is 11.4 Å². The highest BCUT2D eigenvalue weighted by molar-refractivity contribution is 5.78. The van der Waals surface area contributed by atoms with Crippen molar-refractivity contribution < 1.29 is 13.7 Å². The van der Waals surface area contributed by atoms with E-state index in [0.717, 1.165) is 24.9 Å². The fourth-order valence-electron chi connectivity index (χ4n) is 3.57. The Kier molecular flexibility index (Phi) is 5.95. The van der Waals surface area contributed by atoms with Crippen molar-refractivity contribution in [3.63, 3.8) is 0 Å². The predicted molar refractivity (Wildman–Crippen MR) is 106 cm³/mol. The standard InChI is InChI=1S/C22H23FN4O2/c23-19-10-8-17(9-11-19)21-25-20(29-26-21)15-27-12-4-7-18(14-27)22(28)24-13-16-5-2-1-3-6-16/h1-3,5-6,8-11,18H,4,7,12-15H2,(H,24,28). The van der Waals surface area contributed by atoms with Crippen LogP contribution in [0.2, 0.25) is 0 Å². The first-order chi connectivity index (χ1) is 14.2. The lowest BCUT2D eigenvalue weighted by Gasteiger charge is -2.30. The number of rotatable bonds is 6. The maximum Gasteiger partial charge on any atom is 0.241 e. The third-order valence-corrected chi connectivity index (χ3v) is 5.12. The molecule has 1 unspecified atom stereocenters. The number of carbonyl (C=O) groups is 1. The van der Waals surface area contributed by atoms with E-state index in [4.69, 9.17) is 4.52 Å². The lowest BCUT2D eigenvalue weighted by atomic mass is 9.97. The fourth-order valence-corrected chi connectivity index (χ4v) is 3.57. The highest BCUT2D eigenvalue weighted by Crippen LogP contribution is 2.20. The van der Waals surface area contributed by atoms with E-state index in [1.165, 1.54) is 12.1 Å². The Morgan fingerprint density at radius 2 is 1.97 bits per heavy atom. The molecule has 6 nitrogen and oxygen atoms in total. The van der Waals surface area contributed by atoms with Crippen LogP contribution in [0.3, 0.4) is 0 Å². The molecule has 3 aromatic rings. The van der Waals surface area contributed by atoms with Crippen LogP contribution in [-0.2, 0) is 17.9 Å². The minimum absolute atomic E-state index is 0.0491. The van der Waals surface area contributed by atoms with Crippen molar-refractivity contribution in [1.29, 1.82) is 0 Å². The summed E-state index contributed by atoms with van der Waals surface area (Å²) in [6.45, 7) is 2.59. The number of aromatic nitrogens is 2. The van der Waals surface area contributed by atoms with Gasteiger partial charge in [-0.05, 0) is 49.2 Å². The van der Waals surface area contributed by atoms with Crippen molar-refractivity contribution in [2.45, 2.75) is 25.9 Å². The highest BCUT2D eigenvalue weighted by atomic mass is 19.1. The van der Waals surface area contributed by atoms with Gasteiger partial charge in [0.05, 0.1) is 12.5 Å². The molecule has 1 aromatic heterocycles. The second-order valence-electron chi connectivity index (χ2n) is 7.30. The van der Waals surface area contributed by atoms with Gasteiger partial charge >= 0.3 is 0 Å². The minimum Gasteiger partial charge on any atom is -0.352 e. The van der Waals surface area contributed by atoms with Gasteiger partial charge in [-0.25, -0.2) is 4.39 Å². The highest BCUT2D eigenvalue weighted by Gasteiger charge is 2.26. The van der Waals surface area contributed by atoms with Gasteiger partial charge in [-0.3, -0.25) is 9.69 Å². The van der Waals surface area contributed by atoms with E-state index in [2.05, 4.69) is 20.4 Å². The monoisotopic (exact) mass is 394 g/mol. The normalized spacial score (nSPS) is 17.2. The molecule has 150 valence electrons. The first-order valence-corrected chi connectivity index (χ1v) is 9.80. The van der Waals surface area contributed by atoms with Gasteiger partial charge in [0.1, 0.15) is 5.82 Å².